The molecule has 0 saturated carbocycles. The van der Waals surface area contributed by atoms with Gasteiger partial charge in [-0.15, -0.1) is 0 Å². The fourth-order valence-electron chi connectivity index (χ4n) is 5.55. The monoisotopic (exact) mass is 522 g/mol. The minimum atomic E-state index is -0.315. The Hall–Kier alpha value is -4.39. The summed E-state index contributed by atoms with van der Waals surface area (Å²) in [6, 6.07) is 21.6. The molecule has 39 heavy (non-hydrogen) atoms. The summed E-state index contributed by atoms with van der Waals surface area (Å²) < 4.78 is 21.3. The Morgan fingerprint density at radius 2 is 1.69 bits per heavy atom. The molecular weight excluding hydrogens is 491 g/mol. The fourth-order valence-corrected chi connectivity index (χ4v) is 5.55. The van der Waals surface area contributed by atoms with Crippen molar-refractivity contribution in [3.05, 3.63) is 90.0 Å². The molecule has 1 amide bonds. The number of methoxy groups -OCH3 is 1. The number of aromatic amines is 1. The molecule has 0 unspecified atom stereocenters. The predicted octanol–water partition coefficient (Wildman–Crippen LogP) is 6.62. The fraction of sp³-hybridized carbons (Fsp3) is 0.250. The Morgan fingerprint density at radius 3 is 2.46 bits per heavy atom. The second kappa shape index (κ2) is 10.1. The number of rotatable bonds is 5. The van der Waals surface area contributed by atoms with Gasteiger partial charge in [-0.1, -0.05) is 56.3 Å². The van der Waals surface area contributed by atoms with E-state index in [9.17, 15) is 4.79 Å². The normalized spacial score (nSPS) is 14.0. The van der Waals surface area contributed by atoms with Crippen LogP contribution in [0.1, 0.15) is 35.8 Å². The summed E-state index contributed by atoms with van der Waals surface area (Å²) in [6.45, 7) is 6.39. The van der Waals surface area contributed by atoms with Gasteiger partial charge < -0.3 is 19.5 Å². The van der Waals surface area contributed by atoms with Gasteiger partial charge in [0.1, 0.15) is 17.3 Å². The molecule has 0 spiro atoms. The van der Waals surface area contributed by atoms with Crippen LogP contribution in [0.4, 0.5) is 10.2 Å². The van der Waals surface area contributed by atoms with Crippen LogP contribution in [0.25, 0.3) is 32.8 Å². The Balaban J connectivity index is 1.32. The number of aromatic nitrogens is 2. The number of nitrogens with one attached hydrogen (secondary N) is 1. The number of nitrogens with zero attached hydrogens (tertiary/aromatic N) is 3. The van der Waals surface area contributed by atoms with E-state index in [1.807, 2.05) is 73.5 Å². The van der Waals surface area contributed by atoms with E-state index in [-0.39, 0.29) is 17.6 Å². The number of carbonyl (C=O) groups is 1. The van der Waals surface area contributed by atoms with E-state index in [0.29, 0.717) is 54.1 Å². The maximum atomic E-state index is 15.7. The van der Waals surface area contributed by atoms with E-state index >= 15 is 4.39 Å². The Morgan fingerprint density at radius 1 is 0.949 bits per heavy atom. The average Bonchev–Trinajstić information content (AvgIpc) is 3.43. The maximum Gasteiger partial charge on any atom is 0.270 e. The third-order valence-corrected chi connectivity index (χ3v) is 7.65. The SMILES string of the molecule is COc1ccccc1-c1cc(C(C)C)c(F)c2[nH]c(C(=O)N3CCN(c4nccc5ccccc45)CC3)cc12. The number of pyridine rings is 1. The lowest BCUT2D eigenvalue weighted by atomic mass is 9.93. The van der Waals surface area contributed by atoms with Gasteiger partial charge in [-0.25, -0.2) is 9.37 Å². The van der Waals surface area contributed by atoms with Crippen LogP contribution in [-0.2, 0) is 0 Å². The van der Waals surface area contributed by atoms with Gasteiger partial charge in [0.05, 0.1) is 12.6 Å². The van der Waals surface area contributed by atoms with E-state index in [2.05, 4.69) is 27.0 Å². The number of halogens is 1. The van der Waals surface area contributed by atoms with E-state index in [0.717, 1.165) is 27.7 Å². The van der Waals surface area contributed by atoms with Gasteiger partial charge in [-0.2, -0.15) is 0 Å². The summed E-state index contributed by atoms with van der Waals surface area (Å²) in [7, 11) is 1.63. The van der Waals surface area contributed by atoms with Crippen LogP contribution in [0.2, 0.25) is 0 Å². The van der Waals surface area contributed by atoms with Crippen LogP contribution in [0.3, 0.4) is 0 Å². The van der Waals surface area contributed by atoms with Crippen LogP contribution < -0.4 is 9.64 Å². The summed E-state index contributed by atoms with van der Waals surface area (Å²) in [6.07, 6.45) is 1.83. The van der Waals surface area contributed by atoms with Crippen molar-refractivity contribution in [2.45, 2.75) is 19.8 Å². The number of fused-ring (bicyclic) bond motifs is 2. The van der Waals surface area contributed by atoms with Gasteiger partial charge in [0.2, 0.25) is 0 Å². The molecule has 3 heterocycles. The molecule has 198 valence electrons. The number of hydrogen-bond acceptors (Lipinski definition) is 4. The molecule has 1 N–H and O–H groups in total. The summed E-state index contributed by atoms with van der Waals surface area (Å²) in [4.78, 5) is 25.5. The molecule has 5 aromatic rings. The third-order valence-electron chi connectivity index (χ3n) is 7.65. The Bertz CT molecular complexity index is 1680. The zero-order valence-electron chi connectivity index (χ0n) is 22.4. The first kappa shape index (κ1) is 24.9. The predicted molar refractivity (Wildman–Crippen MR) is 154 cm³/mol. The summed E-state index contributed by atoms with van der Waals surface area (Å²) >= 11 is 0. The zero-order chi connectivity index (χ0) is 27.1. The number of piperazine rings is 1. The Labute approximate surface area is 227 Å². The highest BCUT2D eigenvalue weighted by Gasteiger charge is 2.27. The number of anilines is 1. The molecule has 7 heteroatoms. The zero-order valence-corrected chi connectivity index (χ0v) is 22.4. The maximum absolute atomic E-state index is 15.7. The van der Waals surface area contributed by atoms with Gasteiger partial charge in [0.15, 0.2) is 5.82 Å². The highest BCUT2D eigenvalue weighted by molar-refractivity contribution is 6.04. The quantitative estimate of drug-likeness (QED) is 0.282. The number of benzene rings is 3. The molecule has 6 nitrogen and oxygen atoms in total. The third kappa shape index (κ3) is 4.38. The van der Waals surface area contributed by atoms with E-state index < -0.39 is 0 Å². The molecule has 0 atom stereocenters. The molecule has 1 saturated heterocycles. The lowest BCUT2D eigenvalue weighted by molar-refractivity contribution is 0.0741. The lowest BCUT2D eigenvalue weighted by Crippen LogP contribution is -2.49. The van der Waals surface area contributed by atoms with Crippen molar-refractivity contribution in [3.63, 3.8) is 0 Å². The second-order valence-electron chi connectivity index (χ2n) is 10.3. The molecule has 1 fully saturated rings. The largest absolute Gasteiger partial charge is 0.496 e. The van der Waals surface area contributed by atoms with Crippen LogP contribution in [-0.4, -0.2) is 54.1 Å². The van der Waals surface area contributed by atoms with Crippen LogP contribution in [0.5, 0.6) is 5.75 Å². The summed E-state index contributed by atoms with van der Waals surface area (Å²) in [5.41, 5.74) is 3.04. The molecule has 3 aromatic carbocycles. The number of ether oxygens (including phenoxy) is 1. The number of hydrogen-bond donors (Lipinski definition) is 1. The van der Waals surface area contributed by atoms with Crippen molar-refractivity contribution in [1.29, 1.82) is 0 Å². The highest BCUT2D eigenvalue weighted by atomic mass is 19.1. The standard InChI is InChI=1S/C32H31FN4O2/c1-20(2)24-18-25(23-10-6-7-11-28(23)39-3)26-19-27(35-30(26)29(24)33)32(38)37-16-14-36(15-17-37)31-22-9-5-4-8-21(22)12-13-34-31/h4-13,18-20,35H,14-17H2,1-3H3. The molecule has 0 aliphatic carbocycles. The first-order valence-corrected chi connectivity index (χ1v) is 13.3. The van der Waals surface area contributed by atoms with Crippen molar-refractivity contribution >= 4 is 33.4 Å². The van der Waals surface area contributed by atoms with Crippen molar-refractivity contribution in [2.75, 3.05) is 38.2 Å². The van der Waals surface area contributed by atoms with Crippen LogP contribution in [0.15, 0.2) is 72.9 Å². The first-order chi connectivity index (χ1) is 19.0. The van der Waals surface area contributed by atoms with E-state index in [1.165, 1.54) is 0 Å². The van der Waals surface area contributed by atoms with Crippen molar-refractivity contribution < 1.29 is 13.9 Å². The minimum absolute atomic E-state index is 0.0268. The summed E-state index contributed by atoms with van der Waals surface area (Å²) in [5, 5.41) is 2.92. The van der Waals surface area contributed by atoms with Gasteiger partial charge in [-0.3, -0.25) is 4.79 Å². The first-order valence-electron chi connectivity index (χ1n) is 13.3. The van der Waals surface area contributed by atoms with Crippen molar-refractivity contribution in [1.82, 2.24) is 14.9 Å². The highest BCUT2D eigenvalue weighted by Crippen LogP contribution is 2.39. The topological polar surface area (TPSA) is 61.5 Å². The second-order valence-corrected chi connectivity index (χ2v) is 10.3. The van der Waals surface area contributed by atoms with Gasteiger partial charge >= 0.3 is 0 Å². The number of amides is 1. The van der Waals surface area contributed by atoms with Gasteiger partial charge in [-0.05, 0) is 46.7 Å². The Kier molecular flexibility index (Phi) is 6.43. The van der Waals surface area contributed by atoms with Crippen LogP contribution in [0, 0.1) is 5.82 Å². The van der Waals surface area contributed by atoms with Gasteiger partial charge in [0, 0.05) is 48.7 Å². The van der Waals surface area contributed by atoms with E-state index in [4.69, 9.17) is 4.74 Å². The molecule has 2 aromatic heterocycles. The molecule has 1 aliphatic rings. The molecule has 1 aliphatic heterocycles. The summed E-state index contributed by atoms with van der Waals surface area (Å²) in [5.74, 6) is 1.17. The lowest BCUT2D eigenvalue weighted by Gasteiger charge is -2.35. The van der Waals surface area contributed by atoms with Gasteiger partial charge in [0.25, 0.3) is 5.91 Å². The minimum Gasteiger partial charge on any atom is -0.496 e. The average molecular weight is 523 g/mol. The molecular formula is C32H31FN4O2. The van der Waals surface area contributed by atoms with Crippen molar-refractivity contribution in [3.8, 4) is 16.9 Å². The van der Waals surface area contributed by atoms with E-state index in [1.54, 1.807) is 13.2 Å². The smallest absolute Gasteiger partial charge is 0.270 e. The number of H-pyrrole nitrogens is 1. The number of carbonyl (C=O) groups excluding carboxylic acids is 1. The van der Waals surface area contributed by atoms with Crippen molar-refractivity contribution in [2.24, 2.45) is 0 Å². The molecule has 0 radical (unpaired) electrons. The van der Waals surface area contributed by atoms with Crippen LogP contribution >= 0.6 is 0 Å². The molecule has 6 rings (SSSR count). The number of para-hydroxylation sites is 1. The molecule has 0 bridgehead atoms.